The third kappa shape index (κ3) is 4.97. The van der Waals surface area contributed by atoms with Crippen molar-refractivity contribution < 1.29 is 9.59 Å². The van der Waals surface area contributed by atoms with Crippen molar-refractivity contribution in [3.05, 3.63) is 45.4 Å². The molecule has 31 heavy (non-hydrogen) atoms. The van der Waals surface area contributed by atoms with Gasteiger partial charge in [0.05, 0.1) is 22.2 Å². The van der Waals surface area contributed by atoms with Gasteiger partial charge in [-0.1, -0.05) is 52.4 Å². The van der Waals surface area contributed by atoms with Gasteiger partial charge >= 0.3 is 0 Å². The zero-order chi connectivity index (χ0) is 22.4. The molecule has 5 heteroatoms. The lowest BCUT2D eigenvalue weighted by atomic mass is 9.95. The second-order valence-corrected chi connectivity index (χ2v) is 8.53. The zero-order valence-electron chi connectivity index (χ0n) is 19.0. The first-order chi connectivity index (χ1) is 15.0. The number of hydrogen-bond acceptors (Lipinski definition) is 3. The fourth-order valence-electron chi connectivity index (χ4n) is 4.28. The van der Waals surface area contributed by atoms with Crippen LogP contribution in [-0.2, 0) is 0 Å². The number of fused-ring (bicyclic) bond motifs is 3. The van der Waals surface area contributed by atoms with Crippen molar-refractivity contribution in [3.8, 4) is 0 Å². The van der Waals surface area contributed by atoms with Crippen LogP contribution in [0.15, 0.2) is 23.1 Å². The van der Waals surface area contributed by atoms with E-state index in [1.165, 1.54) is 0 Å². The standard InChI is InChI=1S/C26H34N2O3/c1-4-6-8-10-12-21(29)20-16-19-18-14-15-27-17(3)24(18)28-25(19)23(26(20)31)22(30)13-11-9-7-5-2/h14-16,27-28H,4-13H2,1-3H3. The molecule has 0 unspecified atom stereocenters. The predicted octanol–water partition coefficient (Wildman–Crippen LogP) is 6.62. The number of carbonyl (C=O) groups is 2. The van der Waals surface area contributed by atoms with E-state index in [2.05, 4.69) is 23.8 Å². The molecule has 0 amide bonds. The third-order valence-corrected chi connectivity index (χ3v) is 6.11. The lowest BCUT2D eigenvalue weighted by molar-refractivity contribution is 0.0978. The van der Waals surface area contributed by atoms with Gasteiger partial charge in [0.1, 0.15) is 0 Å². The average molecular weight is 423 g/mol. The molecular weight excluding hydrogens is 388 g/mol. The van der Waals surface area contributed by atoms with Crippen LogP contribution >= 0.6 is 0 Å². The molecular formula is C26H34N2O3. The van der Waals surface area contributed by atoms with E-state index < -0.39 is 5.43 Å². The molecule has 1 aromatic carbocycles. The van der Waals surface area contributed by atoms with Crippen LogP contribution < -0.4 is 5.43 Å². The topological polar surface area (TPSA) is 82.8 Å². The van der Waals surface area contributed by atoms with Crippen molar-refractivity contribution in [2.75, 3.05) is 0 Å². The molecule has 2 N–H and O–H groups in total. The average Bonchev–Trinajstić information content (AvgIpc) is 3.13. The van der Waals surface area contributed by atoms with E-state index in [9.17, 15) is 14.4 Å². The maximum absolute atomic E-state index is 13.3. The van der Waals surface area contributed by atoms with Crippen LogP contribution in [0.2, 0.25) is 0 Å². The number of aromatic nitrogens is 2. The zero-order valence-corrected chi connectivity index (χ0v) is 19.0. The predicted molar refractivity (Wildman–Crippen MR) is 127 cm³/mol. The van der Waals surface area contributed by atoms with Gasteiger partial charge in [-0.2, -0.15) is 0 Å². The van der Waals surface area contributed by atoms with Crippen LogP contribution in [0, 0.1) is 6.92 Å². The molecule has 2 heterocycles. The van der Waals surface area contributed by atoms with Crippen molar-refractivity contribution in [2.45, 2.75) is 85.0 Å². The van der Waals surface area contributed by atoms with E-state index in [-0.39, 0.29) is 22.7 Å². The Morgan fingerprint density at radius 2 is 1.48 bits per heavy atom. The van der Waals surface area contributed by atoms with Gasteiger partial charge in [-0.15, -0.1) is 0 Å². The quantitative estimate of drug-likeness (QED) is 0.254. The van der Waals surface area contributed by atoms with Gasteiger partial charge in [0.2, 0.25) is 5.43 Å². The molecule has 3 rings (SSSR count). The molecule has 0 bridgehead atoms. The first kappa shape index (κ1) is 23.0. The lowest BCUT2D eigenvalue weighted by Gasteiger charge is -2.07. The molecule has 0 saturated heterocycles. The first-order valence-electron chi connectivity index (χ1n) is 11.7. The van der Waals surface area contributed by atoms with Gasteiger partial charge in [0.25, 0.3) is 0 Å². The van der Waals surface area contributed by atoms with Gasteiger partial charge in [0, 0.05) is 35.5 Å². The minimum Gasteiger partial charge on any atom is -0.364 e. The number of benzene rings is 1. The number of H-pyrrole nitrogens is 2. The number of pyridine rings is 1. The Bertz CT molecular complexity index is 1140. The molecule has 0 aliphatic carbocycles. The normalized spacial score (nSPS) is 11.5. The van der Waals surface area contributed by atoms with E-state index in [4.69, 9.17) is 0 Å². The van der Waals surface area contributed by atoms with Crippen molar-refractivity contribution >= 4 is 33.4 Å². The summed E-state index contributed by atoms with van der Waals surface area (Å²) >= 11 is 0. The summed E-state index contributed by atoms with van der Waals surface area (Å²) in [5, 5.41) is 1.70. The SMILES string of the molecule is CCCCCCC(=O)c1cc2c([nH]c3c(C)[nH]ccc32)c(C(=O)CCCCCC)c1=O. The number of hydrogen-bond donors (Lipinski definition) is 2. The molecule has 0 atom stereocenters. The van der Waals surface area contributed by atoms with Crippen LogP contribution in [0.4, 0.5) is 0 Å². The van der Waals surface area contributed by atoms with Gasteiger partial charge in [-0.3, -0.25) is 14.4 Å². The van der Waals surface area contributed by atoms with Gasteiger partial charge in [-0.05, 0) is 31.9 Å². The summed E-state index contributed by atoms with van der Waals surface area (Å²) in [6.45, 7) is 6.20. The number of carbonyl (C=O) groups excluding carboxylic acids is 2. The van der Waals surface area contributed by atoms with Crippen molar-refractivity contribution in [1.29, 1.82) is 0 Å². The van der Waals surface area contributed by atoms with Crippen LogP contribution in [0.1, 0.15) is 104 Å². The van der Waals surface area contributed by atoms with Gasteiger partial charge < -0.3 is 9.97 Å². The van der Waals surface area contributed by atoms with Crippen LogP contribution in [0.3, 0.4) is 0 Å². The summed E-state index contributed by atoms with van der Waals surface area (Å²) in [6, 6.07) is 3.63. The maximum Gasteiger partial charge on any atom is 0.202 e. The number of unbranched alkanes of at least 4 members (excludes halogenated alkanes) is 6. The number of aromatic amines is 2. The fourth-order valence-corrected chi connectivity index (χ4v) is 4.28. The monoisotopic (exact) mass is 422 g/mol. The molecule has 0 fully saturated rings. The Morgan fingerprint density at radius 3 is 2.13 bits per heavy atom. The smallest absolute Gasteiger partial charge is 0.202 e. The summed E-state index contributed by atoms with van der Waals surface area (Å²) in [6.07, 6.45) is 10.3. The number of aryl methyl sites for hydroxylation is 1. The molecule has 166 valence electrons. The molecule has 0 aliphatic rings. The highest BCUT2D eigenvalue weighted by Gasteiger charge is 2.23. The van der Waals surface area contributed by atoms with Crippen molar-refractivity contribution in [1.82, 2.24) is 9.97 Å². The van der Waals surface area contributed by atoms with E-state index in [1.54, 1.807) is 6.07 Å². The van der Waals surface area contributed by atoms with Crippen molar-refractivity contribution in [2.24, 2.45) is 0 Å². The number of rotatable bonds is 12. The molecule has 5 nitrogen and oxygen atoms in total. The van der Waals surface area contributed by atoms with Gasteiger partial charge in [-0.25, -0.2) is 0 Å². The summed E-state index contributed by atoms with van der Waals surface area (Å²) in [5.74, 6) is -0.323. The lowest BCUT2D eigenvalue weighted by Crippen LogP contribution is -2.22. The fraction of sp³-hybridized carbons (Fsp3) is 0.500. The second-order valence-electron chi connectivity index (χ2n) is 8.53. The molecule has 0 spiro atoms. The van der Waals surface area contributed by atoms with E-state index in [0.29, 0.717) is 18.4 Å². The van der Waals surface area contributed by atoms with E-state index in [1.807, 2.05) is 19.2 Å². The molecule has 2 aromatic heterocycles. The Morgan fingerprint density at radius 1 is 0.839 bits per heavy atom. The third-order valence-electron chi connectivity index (χ3n) is 6.11. The Kier molecular flexibility index (Phi) is 7.83. The molecule has 0 radical (unpaired) electrons. The summed E-state index contributed by atoms with van der Waals surface area (Å²) < 4.78 is 0. The first-order valence-corrected chi connectivity index (χ1v) is 11.7. The maximum atomic E-state index is 13.3. The molecule has 3 aromatic rings. The Balaban J connectivity index is 2.08. The molecule has 0 aliphatic heterocycles. The summed E-state index contributed by atoms with van der Waals surface area (Å²) in [4.78, 5) is 45.9. The van der Waals surface area contributed by atoms with Crippen LogP contribution in [0.25, 0.3) is 21.8 Å². The highest BCUT2D eigenvalue weighted by atomic mass is 16.1. The Hall–Kier alpha value is -2.69. The van der Waals surface area contributed by atoms with E-state index >= 15 is 0 Å². The van der Waals surface area contributed by atoms with Crippen molar-refractivity contribution in [3.63, 3.8) is 0 Å². The minimum absolute atomic E-state index is 0.154. The number of nitrogens with one attached hydrogen (secondary N) is 2. The Labute approximate surface area is 183 Å². The number of ketones is 2. The van der Waals surface area contributed by atoms with Crippen LogP contribution in [-0.4, -0.2) is 21.5 Å². The second kappa shape index (κ2) is 10.6. The van der Waals surface area contributed by atoms with Crippen LogP contribution in [0.5, 0.6) is 0 Å². The summed E-state index contributed by atoms with van der Waals surface area (Å²) in [7, 11) is 0. The van der Waals surface area contributed by atoms with Gasteiger partial charge in [0.15, 0.2) is 11.6 Å². The number of Topliss-reactive ketones (excluding diaryl/α,β-unsaturated/α-hetero) is 2. The highest BCUT2D eigenvalue weighted by molar-refractivity contribution is 6.18. The largest absolute Gasteiger partial charge is 0.364 e. The summed E-state index contributed by atoms with van der Waals surface area (Å²) in [5.41, 5.74) is 2.25. The minimum atomic E-state index is -0.415. The van der Waals surface area contributed by atoms with E-state index in [0.717, 1.165) is 73.3 Å². The highest BCUT2D eigenvalue weighted by Crippen LogP contribution is 2.29. The molecule has 0 saturated carbocycles.